The van der Waals surface area contributed by atoms with Gasteiger partial charge < -0.3 is 20.5 Å². The number of likely N-dealkylation sites (tertiary alicyclic amines) is 1. The molecular weight excluding hydrogens is 561 g/mol. The number of nitrogens with one attached hydrogen (secondary N) is 2. The van der Waals surface area contributed by atoms with Gasteiger partial charge in [-0.05, 0) is 74.1 Å². The van der Waals surface area contributed by atoms with Crippen LogP contribution in [-0.4, -0.2) is 65.6 Å². The highest BCUT2D eigenvalue weighted by Gasteiger charge is 2.39. The van der Waals surface area contributed by atoms with Crippen LogP contribution >= 0.6 is 0 Å². The van der Waals surface area contributed by atoms with Gasteiger partial charge in [0.15, 0.2) is 0 Å². The van der Waals surface area contributed by atoms with Crippen LogP contribution in [0.5, 0.6) is 5.75 Å². The zero-order valence-electron chi connectivity index (χ0n) is 23.9. The fourth-order valence-corrected chi connectivity index (χ4v) is 5.94. The molecule has 228 valence electrons. The highest BCUT2D eigenvalue weighted by atomic mass is 19.4. The smallest absolute Gasteiger partial charge is 0.416 e. The molecule has 1 aromatic heterocycles. The van der Waals surface area contributed by atoms with Gasteiger partial charge in [0.1, 0.15) is 11.4 Å². The van der Waals surface area contributed by atoms with E-state index in [1.807, 2.05) is 36.4 Å². The Morgan fingerprint density at radius 1 is 1.05 bits per heavy atom. The number of ether oxygens (including phenoxy) is 1. The standard InChI is InChI=1S/C32H35F3N4O4/c1-43-27-8-5-21(6-9-27)23-7-10-28(36-18-23)31(42)14-11-26(12-15-31)39-16-13-25(20-39)38-29(40)19-37-30(41)22-3-2-4-24(17-22)32(33,34)35/h2-10,17-18,25-26,42H,11-16,19-20H2,1H3,(H,37,41)(H,38,40)/t25-,26?,31?/m1/s1. The lowest BCUT2D eigenvalue weighted by atomic mass is 9.79. The molecular formula is C32H35F3N4O4. The minimum Gasteiger partial charge on any atom is -0.497 e. The lowest BCUT2D eigenvalue weighted by molar-refractivity contribution is -0.137. The Balaban J connectivity index is 1.07. The fraction of sp³-hybridized carbons (Fsp3) is 0.406. The molecule has 2 heterocycles. The van der Waals surface area contributed by atoms with Crippen LogP contribution < -0.4 is 15.4 Å². The van der Waals surface area contributed by atoms with Gasteiger partial charge in [-0.25, -0.2) is 0 Å². The summed E-state index contributed by atoms with van der Waals surface area (Å²) in [6.45, 7) is 1.14. The van der Waals surface area contributed by atoms with Gasteiger partial charge >= 0.3 is 6.18 Å². The zero-order valence-corrected chi connectivity index (χ0v) is 23.9. The van der Waals surface area contributed by atoms with Crippen molar-refractivity contribution >= 4 is 11.8 Å². The molecule has 43 heavy (non-hydrogen) atoms. The maximum Gasteiger partial charge on any atom is 0.416 e. The molecule has 8 nitrogen and oxygen atoms in total. The molecule has 11 heteroatoms. The first kappa shape index (κ1) is 30.5. The van der Waals surface area contributed by atoms with E-state index in [-0.39, 0.29) is 24.2 Å². The van der Waals surface area contributed by atoms with Gasteiger partial charge in [0, 0.05) is 42.5 Å². The number of halogens is 3. The summed E-state index contributed by atoms with van der Waals surface area (Å²) in [4.78, 5) is 31.7. The fourth-order valence-electron chi connectivity index (χ4n) is 5.94. The van der Waals surface area contributed by atoms with Gasteiger partial charge in [-0.15, -0.1) is 0 Å². The Kier molecular flexibility index (Phi) is 9.03. The number of rotatable bonds is 8. The highest BCUT2D eigenvalue weighted by molar-refractivity contribution is 5.96. The predicted octanol–water partition coefficient (Wildman–Crippen LogP) is 4.53. The summed E-state index contributed by atoms with van der Waals surface area (Å²) in [5.41, 5.74) is 0.585. The molecule has 2 aromatic carbocycles. The molecule has 1 saturated heterocycles. The number of hydrogen-bond donors (Lipinski definition) is 3. The predicted molar refractivity (Wildman–Crippen MR) is 154 cm³/mol. The number of benzene rings is 2. The number of aliphatic hydroxyl groups is 1. The van der Waals surface area contributed by atoms with Crippen LogP contribution in [-0.2, 0) is 16.6 Å². The number of methoxy groups -OCH3 is 1. The number of aromatic nitrogens is 1. The Hall–Kier alpha value is -3.96. The van der Waals surface area contributed by atoms with Crippen molar-refractivity contribution in [1.82, 2.24) is 20.5 Å². The van der Waals surface area contributed by atoms with E-state index in [1.165, 1.54) is 6.07 Å². The van der Waals surface area contributed by atoms with Gasteiger partial charge in [-0.3, -0.25) is 19.5 Å². The van der Waals surface area contributed by atoms with Crippen LogP contribution in [0.15, 0.2) is 66.9 Å². The summed E-state index contributed by atoms with van der Waals surface area (Å²) in [6, 6.07) is 15.9. The van der Waals surface area contributed by atoms with Gasteiger partial charge in [0.25, 0.3) is 5.91 Å². The van der Waals surface area contributed by atoms with Crippen molar-refractivity contribution in [2.24, 2.45) is 0 Å². The topological polar surface area (TPSA) is 104 Å². The first-order chi connectivity index (χ1) is 20.5. The number of carbonyl (C=O) groups is 2. The lowest BCUT2D eigenvalue weighted by Crippen LogP contribution is -2.45. The number of nitrogens with zero attached hydrogens (tertiary/aromatic N) is 2. The van der Waals surface area contributed by atoms with Gasteiger partial charge in [-0.2, -0.15) is 13.2 Å². The number of alkyl halides is 3. The van der Waals surface area contributed by atoms with E-state index in [0.29, 0.717) is 25.1 Å². The summed E-state index contributed by atoms with van der Waals surface area (Å²) < 4.78 is 44.0. The van der Waals surface area contributed by atoms with Crippen LogP contribution in [0.25, 0.3) is 11.1 Å². The van der Waals surface area contributed by atoms with E-state index in [4.69, 9.17) is 4.74 Å². The maximum atomic E-state index is 12.9. The van der Waals surface area contributed by atoms with E-state index >= 15 is 0 Å². The van der Waals surface area contributed by atoms with E-state index < -0.39 is 29.2 Å². The summed E-state index contributed by atoms with van der Waals surface area (Å²) in [7, 11) is 1.63. The third-order valence-corrected chi connectivity index (χ3v) is 8.41. The van der Waals surface area contributed by atoms with E-state index in [1.54, 1.807) is 13.3 Å². The minimum atomic E-state index is -4.56. The summed E-state index contributed by atoms with van der Waals surface area (Å²) in [6.07, 6.45) is 0.751. The largest absolute Gasteiger partial charge is 0.497 e. The second-order valence-corrected chi connectivity index (χ2v) is 11.2. The number of carbonyl (C=O) groups excluding carboxylic acids is 2. The normalized spacial score (nSPS) is 22.6. The second kappa shape index (κ2) is 12.7. The van der Waals surface area contributed by atoms with E-state index in [2.05, 4.69) is 20.5 Å². The molecule has 2 amide bonds. The molecule has 5 rings (SSSR count). The Bertz CT molecular complexity index is 1420. The summed E-state index contributed by atoms with van der Waals surface area (Å²) in [5.74, 6) is -0.352. The van der Waals surface area contributed by atoms with Crippen molar-refractivity contribution in [2.75, 3.05) is 26.7 Å². The van der Waals surface area contributed by atoms with Crippen molar-refractivity contribution in [1.29, 1.82) is 0 Å². The zero-order chi connectivity index (χ0) is 30.6. The molecule has 0 radical (unpaired) electrons. The summed E-state index contributed by atoms with van der Waals surface area (Å²) >= 11 is 0. The molecule has 0 unspecified atom stereocenters. The molecule has 1 saturated carbocycles. The molecule has 2 fully saturated rings. The highest BCUT2D eigenvalue weighted by Crippen LogP contribution is 2.39. The van der Waals surface area contributed by atoms with Crippen molar-refractivity contribution in [2.45, 2.75) is 56.0 Å². The molecule has 1 atom stereocenters. The van der Waals surface area contributed by atoms with Gasteiger partial charge in [0.2, 0.25) is 5.91 Å². The average molecular weight is 597 g/mol. The first-order valence-corrected chi connectivity index (χ1v) is 14.4. The Morgan fingerprint density at radius 2 is 1.77 bits per heavy atom. The molecule has 0 bridgehead atoms. The maximum absolute atomic E-state index is 12.9. The van der Waals surface area contributed by atoms with Crippen LogP contribution in [0.2, 0.25) is 0 Å². The quantitative estimate of drug-likeness (QED) is 0.353. The van der Waals surface area contributed by atoms with Gasteiger partial charge in [0.05, 0.1) is 24.9 Å². The molecule has 0 spiro atoms. The third kappa shape index (κ3) is 7.34. The van der Waals surface area contributed by atoms with Crippen molar-refractivity contribution in [3.63, 3.8) is 0 Å². The minimum absolute atomic E-state index is 0.0917. The van der Waals surface area contributed by atoms with Crippen LogP contribution in [0.4, 0.5) is 13.2 Å². The number of pyridine rings is 1. The first-order valence-electron chi connectivity index (χ1n) is 14.4. The molecule has 2 aliphatic rings. The third-order valence-electron chi connectivity index (χ3n) is 8.41. The molecule has 3 N–H and O–H groups in total. The molecule has 1 aliphatic heterocycles. The van der Waals surface area contributed by atoms with Crippen LogP contribution in [0, 0.1) is 0 Å². The van der Waals surface area contributed by atoms with E-state index in [0.717, 1.165) is 60.9 Å². The molecule has 3 aromatic rings. The SMILES string of the molecule is COc1ccc(-c2ccc(C3(O)CCC(N4CC[C@@H](NC(=O)CNC(=O)c5cccc(C(F)(F)F)c5)C4)CC3)nc2)cc1. The van der Waals surface area contributed by atoms with Crippen LogP contribution in [0.1, 0.15) is 53.7 Å². The van der Waals surface area contributed by atoms with Crippen LogP contribution in [0.3, 0.4) is 0 Å². The van der Waals surface area contributed by atoms with Crippen molar-refractivity contribution in [3.8, 4) is 16.9 Å². The van der Waals surface area contributed by atoms with E-state index in [9.17, 15) is 27.9 Å². The van der Waals surface area contributed by atoms with Crippen molar-refractivity contribution in [3.05, 3.63) is 83.7 Å². The van der Waals surface area contributed by atoms with Gasteiger partial charge in [-0.1, -0.05) is 24.3 Å². The number of hydrogen-bond acceptors (Lipinski definition) is 6. The Morgan fingerprint density at radius 3 is 2.42 bits per heavy atom. The molecule has 1 aliphatic carbocycles. The summed E-state index contributed by atoms with van der Waals surface area (Å²) in [5, 5.41) is 16.7. The number of amides is 2. The average Bonchev–Trinajstić information content (AvgIpc) is 3.48. The Labute approximate surface area is 248 Å². The second-order valence-electron chi connectivity index (χ2n) is 11.2. The monoisotopic (exact) mass is 596 g/mol. The van der Waals surface area contributed by atoms with Crippen molar-refractivity contribution < 1.29 is 32.6 Å². The lowest BCUT2D eigenvalue weighted by Gasteiger charge is -2.39.